The molecule has 0 aromatic heterocycles. The molecule has 0 saturated carbocycles. The average molecular weight is 266 g/mol. The molecule has 0 bridgehead atoms. The lowest BCUT2D eigenvalue weighted by Gasteiger charge is -2.11. The van der Waals surface area contributed by atoms with Gasteiger partial charge in [0.25, 0.3) is 0 Å². The topological polar surface area (TPSA) is 38.0 Å². The average Bonchev–Trinajstić information content (AvgIpc) is 2.46. The van der Waals surface area contributed by atoms with Gasteiger partial charge >= 0.3 is 0 Å². The van der Waals surface area contributed by atoms with Crippen LogP contribution in [-0.4, -0.2) is 0 Å². The zero-order valence-corrected chi connectivity index (χ0v) is 10.9. The van der Waals surface area contributed by atoms with Gasteiger partial charge in [-0.1, -0.05) is 42.5 Å². The zero-order chi connectivity index (χ0) is 13.9. The molecule has 0 fully saturated rings. The predicted molar refractivity (Wildman–Crippen MR) is 82.1 cm³/mol. The molecular weight excluding hydrogens is 251 g/mol. The summed E-state index contributed by atoms with van der Waals surface area (Å²) >= 11 is 0. The molecule has 3 rings (SSSR count). The van der Waals surface area contributed by atoms with Gasteiger partial charge in [0.1, 0.15) is 5.82 Å². The standard InChI is InChI=1S/C17H15FN2/c18-14-8-9-17(16(19)10-14)20-11-13-6-3-5-12-4-1-2-7-15(12)13/h1-10,20H,11,19H2. The molecule has 20 heavy (non-hydrogen) atoms. The second-order valence-electron chi connectivity index (χ2n) is 4.72. The van der Waals surface area contributed by atoms with Crippen molar-refractivity contribution < 1.29 is 4.39 Å². The number of nitrogens with one attached hydrogen (secondary N) is 1. The van der Waals surface area contributed by atoms with Crippen LogP contribution < -0.4 is 11.1 Å². The molecule has 0 aliphatic carbocycles. The van der Waals surface area contributed by atoms with Crippen molar-refractivity contribution in [1.82, 2.24) is 0 Å². The lowest BCUT2D eigenvalue weighted by molar-refractivity contribution is 0.628. The number of rotatable bonds is 3. The van der Waals surface area contributed by atoms with Crippen LogP contribution in [-0.2, 0) is 6.54 Å². The van der Waals surface area contributed by atoms with Gasteiger partial charge in [-0.05, 0) is 34.5 Å². The van der Waals surface area contributed by atoms with Crippen molar-refractivity contribution in [3.8, 4) is 0 Å². The van der Waals surface area contributed by atoms with E-state index in [-0.39, 0.29) is 5.82 Å². The first-order valence-corrected chi connectivity index (χ1v) is 6.49. The summed E-state index contributed by atoms with van der Waals surface area (Å²) in [6.07, 6.45) is 0. The maximum Gasteiger partial charge on any atom is 0.125 e. The van der Waals surface area contributed by atoms with Crippen LogP contribution >= 0.6 is 0 Å². The third kappa shape index (κ3) is 2.43. The summed E-state index contributed by atoms with van der Waals surface area (Å²) in [5.41, 5.74) is 8.15. The second kappa shape index (κ2) is 5.21. The number of nitrogens with two attached hydrogens (primary N) is 1. The predicted octanol–water partition coefficient (Wildman–Crippen LogP) is 4.17. The summed E-state index contributed by atoms with van der Waals surface area (Å²) in [7, 11) is 0. The van der Waals surface area contributed by atoms with E-state index in [1.807, 2.05) is 18.2 Å². The Morgan fingerprint density at radius 2 is 1.75 bits per heavy atom. The van der Waals surface area contributed by atoms with Gasteiger partial charge in [0.2, 0.25) is 0 Å². The Morgan fingerprint density at radius 1 is 0.950 bits per heavy atom. The van der Waals surface area contributed by atoms with E-state index in [0.29, 0.717) is 12.2 Å². The maximum atomic E-state index is 13.0. The van der Waals surface area contributed by atoms with Gasteiger partial charge in [-0.25, -0.2) is 4.39 Å². The highest BCUT2D eigenvalue weighted by atomic mass is 19.1. The summed E-state index contributed by atoms with van der Waals surface area (Å²) in [6.45, 7) is 0.650. The molecule has 0 heterocycles. The van der Waals surface area contributed by atoms with Crippen LogP contribution in [0.1, 0.15) is 5.56 Å². The van der Waals surface area contributed by atoms with E-state index < -0.39 is 0 Å². The van der Waals surface area contributed by atoms with Crippen molar-refractivity contribution in [1.29, 1.82) is 0 Å². The van der Waals surface area contributed by atoms with Gasteiger partial charge in [-0.3, -0.25) is 0 Å². The van der Waals surface area contributed by atoms with E-state index in [9.17, 15) is 4.39 Å². The highest BCUT2D eigenvalue weighted by Gasteiger charge is 2.03. The molecule has 100 valence electrons. The zero-order valence-electron chi connectivity index (χ0n) is 10.9. The first-order chi connectivity index (χ1) is 9.74. The first kappa shape index (κ1) is 12.5. The Labute approximate surface area is 117 Å². The van der Waals surface area contributed by atoms with Crippen molar-refractivity contribution in [2.45, 2.75) is 6.54 Å². The van der Waals surface area contributed by atoms with Crippen LogP contribution in [0.4, 0.5) is 15.8 Å². The lowest BCUT2D eigenvalue weighted by Crippen LogP contribution is -2.03. The summed E-state index contributed by atoms with van der Waals surface area (Å²) in [5, 5.41) is 5.68. The molecule has 0 spiro atoms. The Kier molecular flexibility index (Phi) is 3.25. The summed E-state index contributed by atoms with van der Waals surface area (Å²) in [6, 6.07) is 18.8. The van der Waals surface area contributed by atoms with Crippen LogP contribution in [0.5, 0.6) is 0 Å². The van der Waals surface area contributed by atoms with Crippen molar-refractivity contribution in [2.75, 3.05) is 11.1 Å². The molecule has 0 saturated heterocycles. The number of anilines is 2. The highest BCUT2D eigenvalue weighted by Crippen LogP contribution is 2.22. The quantitative estimate of drug-likeness (QED) is 0.698. The fourth-order valence-corrected chi connectivity index (χ4v) is 2.33. The summed E-state index contributed by atoms with van der Waals surface area (Å²) in [5.74, 6) is -0.321. The van der Waals surface area contributed by atoms with E-state index in [1.54, 1.807) is 6.07 Å². The Bertz CT molecular complexity index is 748. The number of nitrogen functional groups attached to an aromatic ring is 1. The minimum Gasteiger partial charge on any atom is -0.397 e. The number of halogens is 1. The molecule has 0 radical (unpaired) electrons. The molecule has 0 unspecified atom stereocenters. The second-order valence-corrected chi connectivity index (χ2v) is 4.72. The molecule has 0 aliphatic heterocycles. The van der Waals surface area contributed by atoms with E-state index in [0.717, 1.165) is 5.69 Å². The first-order valence-electron chi connectivity index (χ1n) is 6.49. The van der Waals surface area contributed by atoms with Crippen LogP contribution in [0.2, 0.25) is 0 Å². The van der Waals surface area contributed by atoms with Crippen LogP contribution in [0, 0.1) is 5.82 Å². The largest absolute Gasteiger partial charge is 0.397 e. The number of hydrogen-bond donors (Lipinski definition) is 2. The van der Waals surface area contributed by atoms with E-state index in [2.05, 4.69) is 29.6 Å². The van der Waals surface area contributed by atoms with Crippen molar-refractivity contribution in [3.05, 3.63) is 72.0 Å². The van der Waals surface area contributed by atoms with E-state index >= 15 is 0 Å². The molecule has 3 N–H and O–H groups in total. The molecule has 3 heteroatoms. The van der Waals surface area contributed by atoms with E-state index in [1.165, 1.54) is 28.5 Å². The molecule has 0 amide bonds. The third-order valence-electron chi connectivity index (χ3n) is 3.36. The number of fused-ring (bicyclic) bond motifs is 1. The van der Waals surface area contributed by atoms with Gasteiger partial charge in [0, 0.05) is 6.54 Å². The Morgan fingerprint density at radius 3 is 2.60 bits per heavy atom. The lowest BCUT2D eigenvalue weighted by atomic mass is 10.0. The smallest absolute Gasteiger partial charge is 0.125 e. The Hall–Kier alpha value is -2.55. The van der Waals surface area contributed by atoms with Crippen LogP contribution in [0.3, 0.4) is 0 Å². The van der Waals surface area contributed by atoms with Crippen molar-refractivity contribution in [3.63, 3.8) is 0 Å². The van der Waals surface area contributed by atoms with Gasteiger partial charge in [-0.15, -0.1) is 0 Å². The van der Waals surface area contributed by atoms with Gasteiger partial charge in [-0.2, -0.15) is 0 Å². The normalized spacial score (nSPS) is 10.7. The number of benzene rings is 3. The monoisotopic (exact) mass is 266 g/mol. The fourth-order valence-electron chi connectivity index (χ4n) is 2.33. The molecular formula is C17H15FN2. The molecule has 0 aliphatic rings. The minimum absolute atomic E-state index is 0.321. The third-order valence-corrected chi connectivity index (χ3v) is 3.36. The summed E-state index contributed by atoms with van der Waals surface area (Å²) in [4.78, 5) is 0. The Balaban J connectivity index is 1.87. The van der Waals surface area contributed by atoms with Crippen molar-refractivity contribution >= 4 is 22.1 Å². The SMILES string of the molecule is Nc1cc(F)ccc1NCc1cccc2ccccc12. The molecule has 3 aromatic rings. The molecule has 0 atom stereocenters. The molecule has 3 aromatic carbocycles. The van der Waals surface area contributed by atoms with Gasteiger partial charge in [0.15, 0.2) is 0 Å². The van der Waals surface area contributed by atoms with Crippen LogP contribution in [0.25, 0.3) is 10.8 Å². The van der Waals surface area contributed by atoms with E-state index in [4.69, 9.17) is 5.73 Å². The van der Waals surface area contributed by atoms with Gasteiger partial charge < -0.3 is 11.1 Å². The summed E-state index contributed by atoms with van der Waals surface area (Å²) < 4.78 is 13.0. The minimum atomic E-state index is -0.321. The van der Waals surface area contributed by atoms with Crippen LogP contribution in [0.15, 0.2) is 60.7 Å². The van der Waals surface area contributed by atoms with Crippen molar-refractivity contribution in [2.24, 2.45) is 0 Å². The highest BCUT2D eigenvalue weighted by molar-refractivity contribution is 5.86. The number of hydrogen-bond acceptors (Lipinski definition) is 2. The fraction of sp³-hybridized carbons (Fsp3) is 0.0588. The maximum absolute atomic E-state index is 13.0. The van der Waals surface area contributed by atoms with Gasteiger partial charge in [0.05, 0.1) is 11.4 Å². The molecule has 2 nitrogen and oxygen atoms in total.